The summed E-state index contributed by atoms with van der Waals surface area (Å²) in [5.74, 6) is -36.4. The summed E-state index contributed by atoms with van der Waals surface area (Å²) in [5, 5.41) is 0. The van der Waals surface area contributed by atoms with Crippen LogP contribution in [0.25, 0.3) is 0 Å². The van der Waals surface area contributed by atoms with Gasteiger partial charge in [-0.2, -0.15) is 57.1 Å². The smallest absolute Gasteiger partial charge is 0.200 e. The van der Waals surface area contributed by atoms with E-state index in [4.69, 9.17) is 0 Å². The van der Waals surface area contributed by atoms with Crippen LogP contribution in [-0.2, 0) is 0 Å². The fraction of sp³-hybridized carbons (Fsp3) is 1.00. The molecule has 0 rings (SSSR count). The van der Waals surface area contributed by atoms with E-state index in [0.29, 0.717) is 0 Å². The molecule has 0 aromatic heterocycles. The summed E-state index contributed by atoms with van der Waals surface area (Å²) in [6, 6.07) is -0.859. The first-order valence-corrected chi connectivity index (χ1v) is 12.6. The molecule has 0 saturated carbocycles. The van der Waals surface area contributed by atoms with Crippen molar-refractivity contribution < 1.29 is 57.1 Å². The van der Waals surface area contributed by atoms with Crippen LogP contribution in [0.5, 0.6) is 0 Å². The third-order valence-electron chi connectivity index (χ3n) is 4.74. The van der Waals surface area contributed by atoms with Gasteiger partial charge in [-0.25, -0.2) is 0 Å². The zero-order valence-electron chi connectivity index (χ0n) is 15.4. The maximum atomic E-state index is 13.9. The lowest BCUT2D eigenvalue weighted by Gasteiger charge is -2.41. The lowest BCUT2D eigenvalue weighted by molar-refractivity contribution is -0.439. The minimum atomic E-state index is -7.84. The van der Waals surface area contributed by atoms with Gasteiger partial charge in [-0.1, -0.05) is 27.7 Å². The fourth-order valence-electron chi connectivity index (χ4n) is 2.55. The molecule has 0 aliphatic carbocycles. The number of halogens is 14. The van der Waals surface area contributed by atoms with Crippen LogP contribution in [-0.4, -0.2) is 42.5 Å². The highest BCUT2D eigenvalue weighted by Gasteiger charge is 2.90. The molecule has 176 valence electrons. The van der Waals surface area contributed by atoms with Gasteiger partial charge < -0.3 is 0 Å². The van der Waals surface area contributed by atoms with E-state index >= 15 is 0 Å². The van der Waals surface area contributed by atoms with Crippen LogP contribution in [0.15, 0.2) is 0 Å². The van der Waals surface area contributed by atoms with E-state index < -0.39 is 66.0 Å². The predicted molar refractivity (Wildman–Crippen MR) is 85.1 cm³/mol. The van der Waals surface area contributed by atoms with Gasteiger partial charge in [-0.15, -0.1) is 15.3 Å². The molecule has 0 unspecified atom stereocenters. The molecule has 0 N–H and O–H groups in total. The molecule has 0 amide bonds. The minimum absolute atomic E-state index is 0.413. The Kier molecular flexibility index (Phi) is 7.98. The van der Waals surface area contributed by atoms with Crippen molar-refractivity contribution in [3.05, 3.63) is 0 Å². The second-order valence-corrected chi connectivity index (χ2v) is 16.3. The monoisotopic (exact) mass is 540 g/mol. The Balaban J connectivity index is 6.12. The molecule has 0 nitrogen and oxygen atoms in total. The van der Waals surface area contributed by atoms with Crippen molar-refractivity contribution in [3.63, 3.8) is 0 Å². The molecule has 0 aliphatic rings. The Morgan fingerprint density at radius 3 is 1.17 bits per heavy atom. The lowest BCUT2D eigenvalue weighted by Crippen LogP contribution is -2.70. The standard InChI is InChI=1S/C14H18BrF13Si/c1-7(2)29(15,8(3)4)6-5-9(16,17)10(18,19)11(20,21)12(22,23)13(24,25)14(26,27)28/h7-8H,5-6H2,1-4H3. The summed E-state index contributed by atoms with van der Waals surface area (Å²) >= 11 is 3.14. The third-order valence-corrected chi connectivity index (χ3v) is 16.3. The molecule has 0 fully saturated rings. The molecule has 0 saturated heterocycles. The largest absolute Gasteiger partial charge is 0.460 e. The van der Waals surface area contributed by atoms with Crippen LogP contribution >= 0.6 is 15.3 Å². The van der Waals surface area contributed by atoms with Gasteiger partial charge in [0.25, 0.3) is 0 Å². The van der Waals surface area contributed by atoms with Gasteiger partial charge in [0.2, 0.25) is 0 Å². The average molecular weight is 541 g/mol. The van der Waals surface area contributed by atoms with Crippen LogP contribution < -0.4 is 0 Å². The number of hydrogen-bond donors (Lipinski definition) is 0. The van der Waals surface area contributed by atoms with Gasteiger partial charge in [-0.3, -0.25) is 0 Å². The van der Waals surface area contributed by atoms with Gasteiger partial charge in [-0.05, 0) is 17.1 Å². The van der Waals surface area contributed by atoms with E-state index in [-0.39, 0.29) is 0 Å². The Hall–Kier alpha value is -0.213. The molecule has 0 aliphatic heterocycles. The molecular weight excluding hydrogens is 523 g/mol. The predicted octanol–water partition coefficient (Wildman–Crippen LogP) is 8.28. The van der Waals surface area contributed by atoms with Crippen LogP contribution in [0.3, 0.4) is 0 Å². The topological polar surface area (TPSA) is 0 Å². The molecule has 0 bridgehead atoms. The van der Waals surface area contributed by atoms with Crippen molar-refractivity contribution in [1.82, 2.24) is 0 Å². The van der Waals surface area contributed by atoms with Crippen LogP contribution in [0.1, 0.15) is 34.1 Å². The van der Waals surface area contributed by atoms with Crippen molar-refractivity contribution in [3.8, 4) is 0 Å². The highest BCUT2D eigenvalue weighted by atomic mass is 79.9. The number of alkyl halides is 13. The quantitative estimate of drug-likeness (QED) is 0.157. The lowest BCUT2D eigenvalue weighted by atomic mass is 9.93. The summed E-state index contributed by atoms with van der Waals surface area (Å²) in [5.41, 5.74) is -0.827. The van der Waals surface area contributed by atoms with E-state index in [2.05, 4.69) is 15.3 Å². The molecule has 0 atom stereocenters. The molecular formula is C14H18BrF13Si. The van der Waals surface area contributed by atoms with E-state index in [1.807, 2.05) is 0 Å². The van der Waals surface area contributed by atoms with Crippen LogP contribution in [0.4, 0.5) is 57.1 Å². The second kappa shape index (κ2) is 8.04. The van der Waals surface area contributed by atoms with Gasteiger partial charge in [0, 0.05) is 6.42 Å². The Labute approximate surface area is 166 Å². The zero-order chi connectivity index (χ0) is 24.1. The summed E-state index contributed by atoms with van der Waals surface area (Å²) in [6.07, 6.45) is -9.52. The minimum Gasteiger partial charge on any atom is -0.200 e. The summed E-state index contributed by atoms with van der Waals surface area (Å²) in [7, 11) is 0. The van der Waals surface area contributed by atoms with Gasteiger partial charge in [0.05, 0.1) is 0 Å². The number of hydrogen-bond acceptors (Lipinski definition) is 0. The van der Waals surface area contributed by atoms with Crippen molar-refractivity contribution >= 4 is 22.0 Å². The average Bonchev–Trinajstić information content (AvgIpc) is 2.50. The van der Waals surface area contributed by atoms with Crippen LogP contribution in [0, 0.1) is 0 Å². The van der Waals surface area contributed by atoms with Crippen molar-refractivity contribution in [2.24, 2.45) is 0 Å². The Morgan fingerprint density at radius 2 is 0.897 bits per heavy atom. The van der Waals surface area contributed by atoms with Crippen molar-refractivity contribution in [2.75, 3.05) is 0 Å². The third kappa shape index (κ3) is 4.54. The Morgan fingerprint density at radius 1 is 0.586 bits per heavy atom. The fourth-order valence-corrected chi connectivity index (χ4v) is 6.33. The molecule has 0 spiro atoms. The maximum Gasteiger partial charge on any atom is 0.460 e. The highest BCUT2D eigenvalue weighted by Crippen LogP contribution is 2.61. The zero-order valence-corrected chi connectivity index (χ0v) is 17.9. The molecule has 0 aromatic rings. The molecule has 29 heavy (non-hydrogen) atoms. The maximum absolute atomic E-state index is 13.9. The van der Waals surface area contributed by atoms with E-state index in [0.717, 1.165) is 0 Å². The first kappa shape index (κ1) is 28.8. The van der Waals surface area contributed by atoms with Gasteiger partial charge in [0.1, 0.15) is 6.69 Å². The summed E-state index contributed by atoms with van der Waals surface area (Å²) in [6.45, 7) is 2.99. The molecule has 0 aromatic carbocycles. The highest BCUT2D eigenvalue weighted by molar-refractivity contribution is 9.26. The second-order valence-electron chi connectivity index (χ2n) is 7.24. The van der Waals surface area contributed by atoms with Gasteiger partial charge >= 0.3 is 35.8 Å². The van der Waals surface area contributed by atoms with Crippen molar-refractivity contribution in [2.45, 2.75) is 87.0 Å². The molecule has 0 heterocycles. The summed E-state index contributed by atoms with van der Waals surface area (Å²) in [4.78, 5) is 0. The van der Waals surface area contributed by atoms with E-state index in [9.17, 15) is 57.1 Å². The first-order valence-electron chi connectivity index (χ1n) is 7.99. The SMILES string of the molecule is CC(C)[Si](Br)(CCC(F)(F)C(F)(F)C(F)(F)C(F)(F)C(F)(F)C(F)(F)F)C(C)C. The van der Waals surface area contributed by atoms with Crippen molar-refractivity contribution in [1.29, 1.82) is 0 Å². The molecule has 0 radical (unpaired) electrons. The first-order chi connectivity index (χ1) is 12.3. The van der Waals surface area contributed by atoms with E-state index in [1.165, 1.54) is 27.7 Å². The number of rotatable bonds is 9. The molecule has 15 heteroatoms. The summed E-state index contributed by atoms with van der Waals surface area (Å²) < 4.78 is 170. The van der Waals surface area contributed by atoms with E-state index in [1.54, 1.807) is 0 Å². The Bertz CT molecular complexity index is 560. The van der Waals surface area contributed by atoms with Gasteiger partial charge in [0.15, 0.2) is 0 Å². The normalized spacial score (nSPS) is 16.1. The van der Waals surface area contributed by atoms with Crippen LogP contribution in [0.2, 0.25) is 17.1 Å².